The van der Waals surface area contributed by atoms with Gasteiger partial charge in [-0.2, -0.15) is 5.10 Å². The molecule has 0 unspecified atom stereocenters. The fraction of sp³-hybridized carbons (Fsp3) is 0.350. The van der Waals surface area contributed by atoms with Gasteiger partial charge in [0, 0.05) is 12.2 Å². The minimum atomic E-state index is -1.01. The molecule has 5 heteroatoms. The zero-order chi connectivity index (χ0) is 18.1. The Labute approximate surface area is 148 Å². The van der Waals surface area contributed by atoms with E-state index in [0.717, 1.165) is 23.5 Å². The highest BCUT2D eigenvalue weighted by atomic mass is 16.4. The van der Waals surface area contributed by atoms with Crippen molar-refractivity contribution in [2.45, 2.75) is 45.4 Å². The van der Waals surface area contributed by atoms with E-state index in [1.807, 2.05) is 30.3 Å². The van der Waals surface area contributed by atoms with Gasteiger partial charge in [-0.1, -0.05) is 32.0 Å². The Balaban J connectivity index is 2.05. The van der Waals surface area contributed by atoms with Gasteiger partial charge in [0.1, 0.15) is 0 Å². The molecule has 132 valence electrons. The summed E-state index contributed by atoms with van der Waals surface area (Å²) in [6.07, 6.45) is 3.74. The van der Waals surface area contributed by atoms with Crippen molar-refractivity contribution >= 4 is 17.4 Å². The minimum Gasteiger partial charge on any atom is -0.550 e. The quantitative estimate of drug-likeness (QED) is 0.432. The molecule has 1 aromatic carbocycles. The number of pyridine rings is 1. The Morgan fingerprint density at radius 3 is 2.44 bits per heavy atom. The van der Waals surface area contributed by atoms with Crippen LogP contribution in [0.4, 0.5) is 5.69 Å². The highest BCUT2D eigenvalue weighted by molar-refractivity contribution is 5.99. The van der Waals surface area contributed by atoms with Crippen molar-refractivity contribution in [2.75, 3.05) is 5.43 Å². The molecule has 0 saturated carbocycles. The topological polar surface area (TPSA) is 77.4 Å². The lowest BCUT2D eigenvalue weighted by Gasteiger charge is -2.09. The van der Waals surface area contributed by atoms with E-state index in [2.05, 4.69) is 41.5 Å². The number of nitrogens with zero attached hydrogens (tertiary/aromatic N) is 2. The van der Waals surface area contributed by atoms with Gasteiger partial charge in [-0.3, -0.25) is 10.4 Å². The van der Waals surface area contributed by atoms with Crippen LogP contribution in [0.2, 0.25) is 0 Å². The van der Waals surface area contributed by atoms with E-state index in [1.54, 1.807) is 6.20 Å². The maximum Gasteiger partial charge on any atom is 0.0863 e. The van der Waals surface area contributed by atoms with E-state index in [-0.39, 0.29) is 6.42 Å². The van der Waals surface area contributed by atoms with Gasteiger partial charge in [0.05, 0.1) is 17.1 Å². The van der Waals surface area contributed by atoms with Crippen molar-refractivity contribution in [1.82, 2.24) is 4.98 Å². The zero-order valence-corrected chi connectivity index (χ0v) is 14.7. The number of carboxylic acid groups (broad SMARTS) is 1. The molecule has 1 heterocycles. The minimum absolute atomic E-state index is 0.0690. The van der Waals surface area contributed by atoms with Gasteiger partial charge in [0.25, 0.3) is 0 Å². The SMILES string of the molecule is CC(C)c1ccc(NN=C(CCCCC(=O)[O-])c2ccccn2)cc1. The molecule has 0 atom stereocenters. The third-order valence-electron chi connectivity index (χ3n) is 3.90. The normalized spacial score (nSPS) is 11.6. The predicted molar refractivity (Wildman–Crippen MR) is 98.4 cm³/mol. The van der Waals surface area contributed by atoms with E-state index in [0.29, 0.717) is 18.8 Å². The lowest BCUT2D eigenvalue weighted by atomic mass is 10.0. The van der Waals surface area contributed by atoms with Gasteiger partial charge in [0.15, 0.2) is 0 Å². The Morgan fingerprint density at radius 2 is 1.84 bits per heavy atom. The molecule has 0 aliphatic heterocycles. The van der Waals surface area contributed by atoms with Crippen LogP contribution in [0, 0.1) is 0 Å². The highest BCUT2D eigenvalue weighted by Gasteiger charge is 2.06. The van der Waals surface area contributed by atoms with Crippen molar-refractivity contribution in [3.63, 3.8) is 0 Å². The number of hydrazone groups is 1. The van der Waals surface area contributed by atoms with Gasteiger partial charge in [-0.15, -0.1) is 0 Å². The molecule has 1 aromatic heterocycles. The highest BCUT2D eigenvalue weighted by Crippen LogP contribution is 2.17. The molecule has 0 fully saturated rings. The third-order valence-corrected chi connectivity index (χ3v) is 3.90. The van der Waals surface area contributed by atoms with Crippen LogP contribution in [-0.4, -0.2) is 16.7 Å². The van der Waals surface area contributed by atoms with E-state index in [9.17, 15) is 9.90 Å². The van der Waals surface area contributed by atoms with Crippen molar-refractivity contribution in [3.8, 4) is 0 Å². The first-order valence-corrected chi connectivity index (χ1v) is 8.60. The summed E-state index contributed by atoms with van der Waals surface area (Å²) in [5, 5.41) is 15.0. The maximum atomic E-state index is 10.5. The van der Waals surface area contributed by atoms with E-state index in [4.69, 9.17) is 0 Å². The maximum absolute atomic E-state index is 10.5. The first kappa shape index (κ1) is 18.6. The molecule has 5 nitrogen and oxygen atoms in total. The summed E-state index contributed by atoms with van der Waals surface area (Å²) in [5.74, 6) is -0.523. The number of hydrogen-bond acceptors (Lipinski definition) is 5. The lowest BCUT2D eigenvalue weighted by molar-refractivity contribution is -0.305. The Morgan fingerprint density at radius 1 is 1.12 bits per heavy atom. The average Bonchev–Trinajstić information content (AvgIpc) is 2.62. The summed E-state index contributed by atoms with van der Waals surface area (Å²) in [6.45, 7) is 4.32. The molecular formula is C20H24N3O2-. The van der Waals surface area contributed by atoms with Crippen molar-refractivity contribution in [1.29, 1.82) is 0 Å². The number of unbranched alkanes of at least 4 members (excludes halogenated alkanes) is 1. The first-order valence-electron chi connectivity index (χ1n) is 8.60. The number of aliphatic carboxylic acids is 1. The molecule has 0 spiro atoms. The van der Waals surface area contributed by atoms with Crippen LogP contribution < -0.4 is 10.5 Å². The summed E-state index contributed by atoms with van der Waals surface area (Å²) in [4.78, 5) is 14.9. The van der Waals surface area contributed by atoms with Crippen LogP contribution in [0.25, 0.3) is 0 Å². The van der Waals surface area contributed by atoms with Crippen molar-refractivity contribution in [3.05, 3.63) is 59.9 Å². The second-order valence-electron chi connectivity index (χ2n) is 6.24. The summed E-state index contributed by atoms with van der Waals surface area (Å²) in [7, 11) is 0. The van der Waals surface area contributed by atoms with Crippen LogP contribution in [-0.2, 0) is 4.79 Å². The standard InChI is InChI=1S/C20H25N3O2/c1-15(2)16-10-12-17(13-11-16)22-23-19(8-3-4-9-20(24)25)18-7-5-6-14-21-18/h5-7,10-15,22H,3-4,8-9H2,1-2H3,(H,24,25)/p-1. The molecule has 25 heavy (non-hydrogen) atoms. The molecule has 2 rings (SSSR count). The Bertz CT molecular complexity index is 695. The van der Waals surface area contributed by atoms with Crippen LogP contribution in [0.3, 0.4) is 0 Å². The van der Waals surface area contributed by atoms with Gasteiger partial charge >= 0.3 is 0 Å². The third kappa shape index (κ3) is 6.37. The number of rotatable bonds is 9. The lowest BCUT2D eigenvalue weighted by Crippen LogP contribution is -2.21. The van der Waals surface area contributed by atoms with Crippen LogP contribution in [0.15, 0.2) is 53.8 Å². The fourth-order valence-electron chi connectivity index (χ4n) is 2.41. The number of carbonyl (C=O) groups excluding carboxylic acids is 1. The van der Waals surface area contributed by atoms with Crippen LogP contribution in [0.5, 0.6) is 0 Å². The van der Waals surface area contributed by atoms with E-state index >= 15 is 0 Å². The van der Waals surface area contributed by atoms with Gasteiger partial charge in [-0.25, -0.2) is 0 Å². The zero-order valence-electron chi connectivity index (χ0n) is 14.7. The fourth-order valence-corrected chi connectivity index (χ4v) is 2.41. The number of carboxylic acids is 1. The summed E-state index contributed by atoms with van der Waals surface area (Å²) in [5.41, 5.74) is 6.87. The second kappa shape index (κ2) is 9.57. The molecule has 0 amide bonds. The molecule has 0 aliphatic rings. The van der Waals surface area contributed by atoms with Gasteiger partial charge < -0.3 is 9.90 Å². The average molecular weight is 338 g/mol. The summed E-state index contributed by atoms with van der Waals surface area (Å²) >= 11 is 0. The number of hydrogen-bond donors (Lipinski definition) is 1. The smallest absolute Gasteiger partial charge is 0.0863 e. The van der Waals surface area contributed by atoms with Crippen molar-refractivity contribution < 1.29 is 9.90 Å². The monoisotopic (exact) mass is 338 g/mol. The number of nitrogens with one attached hydrogen (secondary N) is 1. The largest absolute Gasteiger partial charge is 0.550 e. The molecule has 1 N–H and O–H groups in total. The number of aromatic nitrogens is 1. The molecule has 0 bridgehead atoms. The second-order valence-corrected chi connectivity index (χ2v) is 6.24. The van der Waals surface area contributed by atoms with Gasteiger partial charge in [0.2, 0.25) is 0 Å². The number of benzene rings is 1. The molecule has 0 aliphatic carbocycles. The first-order chi connectivity index (χ1) is 12.1. The van der Waals surface area contributed by atoms with E-state index in [1.165, 1.54) is 5.56 Å². The predicted octanol–water partition coefficient (Wildman–Crippen LogP) is 3.33. The molecular weight excluding hydrogens is 314 g/mol. The number of anilines is 1. The summed E-state index contributed by atoms with van der Waals surface area (Å²) in [6, 6.07) is 13.9. The number of carbonyl (C=O) groups is 1. The Hall–Kier alpha value is -2.69. The van der Waals surface area contributed by atoms with Crippen LogP contribution >= 0.6 is 0 Å². The van der Waals surface area contributed by atoms with Crippen molar-refractivity contribution in [2.24, 2.45) is 5.10 Å². The molecule has 0 radical (unpaired) electrons. The van der Waals surface area contributed by atoms with Gasteiger partial charge in [-0.05, 0) is 61.4 Å². The summed E-state index contributed by atoms with van der Waals surface area (Å²) < 4.78 is 0. The van der Waals surface area contributed by atoms with Crippen LogP contribution in [0.1, 0.15) is 56.7 Å². The Kier molecular flexibility index (Phi) is 7.14. The molecule has 2 aromatic rings. The van der Waals surface area contributed by atoms with E-state index < -0.39 is 5.97 Å². The molecule has 0 saturated heterocycles.